The van der Waals surface area contributed by atoms with Gasteiger partial charge < -0.3 is 10.2 Å². The quantitative estimate of drug-likeness (QED) is 0.568. The topological polar surface area (TPSA) is 75.2 Å². The first-order valence-electron chi connectivity index (χ1n) is 10.9. The van der Waals surface area contributed by atoms with Crippen LogP contribution in [0.4, 0.5) is 24.8 Å². The third-order valence-electron chi connectivity index (χ3n) is 5.92. The maximum absolute atomic E-state index is 13.0. The highest BCUT2D eigenvalue weighted by atomic mass is 35.5. The van der Waals surface area contributed by atoms with Gasteiger partial charge in [-0.2, -0.15) is 13.2 Å². The molecule has 2 fully saturated rings. The van der Waals surface area contributed by atoms with Crippen LogP contribution in [0.15, 0.2) is 24.4 Å². The number of hydrogen-bond acceptors (Lipinski definition) is 5. The summed E-state index contributed by atoms with van der Waals surface area (Å²) in [5.74, 6) is 0.568. The molecule has 2 aromatic heterocycles. The van der Waals surface area contributed by atoms with Gasteiger partial charge in [0.1, 0.15) is 11.6 Å². The molecule has 1 N–H and O–H groups in total. The average Bonchev–Trinajstić information content (AvgIpc) is 3.58. The standard InChI is InChI=1S/C23H24ClF3N4O2/c1-13-7-16(9-20(29-13)30-22(33)15-4-5-15)19(32)8-14-3-2-6-31(12-14)21-18(24)10-17(11-28-21)23(25,26)27/h7,9-11,14-15H,2-6,8,12H2,1H3,(H,29,30,33)/t14-/m0/s1. The van der Waals surface area contributed by atoms with E-state index in [0.29, 0.717) is 36.0 Å². The molecule has 0 bridgehead atoms. The Labute approximate surface area is 194 Å². The summed E-state index contributed by atoms with van der Waals surface area (Å²) < 4.78 is 38.7. The average molecular weight is 481 g/mol. The van der Waals surface area contributed by atoms with Crippen molar-refractivity contribution in [3.05, 3.63) is 46.2 Å². The number of nitrogens with zero attached hydrogens (tertiary/aromatic N) is 3. The van der Waals surface area contributed by atoms with Crippen molar-refractivity contribution in [3.8, 4) is 0 Å². The molecule has 3 heterocycles. The second-order valence-corrected chi connectivity index (χ2v) is 9.16. The SMILES string of the molecule is Cc1cc(C(=O)C[C@@H]2CCCN(c3ncc(C(F)(F)F)cc3Cl)C2)cc(NC(=O)C2CC2)n1. The van der Waals surface area contributed by atoms with Crippen molar-refractivity contribution in [3.63, 3.8) is 0 Å². The number of alkyl halides is 3. The van der Waals surface area contributed by atoms with Gasteiger partial charge in [0.2, 0.25) is 5.91 Å². The van der Waals surface area contributed by atoms with E-state index in [-0.39, 0.29) is 35.0 Å². The second-order valence-electron chi connectivity index (χ2n) is 8.75. The van der Waals surface area contributed by atoms with Crippen molar-refractivity contribution in [2.24, 2.45) is 11.8 Å². The lowest BCUT2D eigenvalue weighted by Gasteiger charge is -2.34. The molecule has 176 valence electrons. The van der Waals surface area contributed by atoms with Gasteiger partial charge in [0.25, 0.3) is 0 Å². The van der Waals surface area contributed by atoms with Crippen molar-refractivity contribution < 1.29 is 22.8 Å². The van der Waals surface area contributed by atoms with Gasteiger partial charge in [-0.3, -0.25) is 9.59 Å². The number of ketones is 1. The van der Waals surface area contributed by atoms with Gasteiger partial charge >= 0.3 is 6.18 Å². The summed E-state index contributed by atoms with van der Waals surface area (Å²) in [6, 6.07) is 4.18. The van der Waals surface area contributed by atoms with Gasteiger partial charge in [0.15, 0.2) is 5.78 Å². The van der Waals surface area contributed by atoms with Crippen LogP contribution < -0.4 is 10.2 Å². The van der Waals surface area contributed by atoms with Crippen LogP contribution in [0, 0.1) is 18.8 Å². The lowest BCUT2D eigenvalue weighted by atomic mass is 9.91. The molecule has 1 amide bonds. The maximum Gasteiger partial charge on any atom is 0.417 e. The molecule has 2 aliphatic rings. The highest BCUT2D eigenvalue weighted by Gasteiger charge is 2.33. The van der Waals surface area contributed by atoms with Crippen molar-refractivity contribution in [2.45, 2.75) is 45.2 Å². The first kappa shape index (κ1) is 23.5. The molecular weight excluding hydrogens is 457 g/mol. The molecule has 1 aliphatic carbocycles. The third kappa shape index (κ3) is 5.82. The molecule has 1 aliphatic heterocycles. The number of rotatable bonds is 6. The Kier molecular flexibility index (Phi) is 6.61. The molecule has 1 saturated carbocycles. The second kappa shape index (κ2) is 9.29. The van der Waals surface area contributed by atoms with Gasteiger partial charge in [-0.1, -0.05) is 11.6 Å². The smallest absolute Gasteiger partial charge is 0.355 e. The van der Waals surface area contributed by atoms with E-state index in [0.717, 1.165) is 37.9 Å². The number of piperidine rings is 1. The number of hydrogen-bond donors (Lipinski definition) is 1. The Morgan fingerprint density at radius 2 is 1.97 bits per heavy atom. The third-order valence-corrected chi connectivity index (χ3v) is 6.19. The molecule has 0 spiro atoms. The highest BCUT2D eigenvalue weighted by molar-refractivity contribution is 6.33. The minimum Gasteiger partial charge on any atom is -0.355 e. The number of amides is 1. The van der Waals surface area contributed by atoms with E-state index in [4.69, 9.17) is 11.6 Å². The van der Waals surface area contributed by atoms with Crippen LogP contribution in [0.2, 0.25) is 5.02 Å². The first-order chi connectivity index (χ1) is 15.6. The van der Waals surface area contributed by atoms with Crippen molar-refractivity contribution >= 4 is 34.9 Å². The van der Waals surface area contributed by atoms with Crippen LogP contribution in [0.3, 0.4) is 0 Å². The van der Waals surface area contributed by atoms with Crippen molar-refractivity contribution in [1.82, 2.24) is 9.97 Å². The lowest BCUT2D eigenvalue weighted by Crippen LogP contribution is -2.37. The zero-order valence-corrected chi connectivity index (χ0v) is 18.8. The zero-order chi connectivity index (χ0) is 23.8. The van der Waals surface area contributed by atoms with E-state index in [1.54, 1.807) is 19.1 Å². The molecular formula is C23H24ClF3N4O2. The number of Topliss-reactive ketones (excluding diaryl/α,β-unsaturated/α-hetero) is 1. The molecule has 0 radical (unpaired) electrons. The fourth-order valence-electron chi connectivity index (χ4n) is 4.09. The lowest BCUT2D eigenvalue weighted by molar-refractivity contribution is -0.137. The van der Waals surface area contributed by atoms with Gasteiger partial charge in [-0.05, 0) is 56.7 Å². The molecule has 4 rings (SSSR count). The van der Waals surface area contributed by atoms with Crippen LogP contribution in [-0.2, 0) is 11.0 Å². The fourth-order valence-corrected chi connectivity index (χ4v) is 4.38. The molecule has 33 heavy (non-hydrogen) atoms. The maximum atomic E-state index is 13.0. The zero-order valence-electron chi connectivity index (χ0n) is 18.1. The Balaban J connectivity index is 1.43. The van der Waals surface area contributed by atoms with E-state index in [1.807, 2.05) is 4.90 Å². The van der Waals surface area contributed by atoms with Gasteiger partial charge in [-0.15, -0.1) is 0 Å². The summed E-state index contributed by atoms with van der Waals surface area (Å²) in [7, 11) is 0. The van der Waals surface area contributed by atoms with Gasteiger partial charge in [-0.25, -0.2) is 9.97 Å². The largest absolute Gasteiger partial charge is 0.417 e. The predicted molar refractivity (Wildman–Crippen MR) is 118 cm³/mol. The van der Waals surface area contributed by atoms with Gasteiger partial charge in [0.05, 0.1) is 10.6 Å². The summed E-state index contributed by atoms with van der Waals surface area (Å²) in [5, 5.41) is 2.72. The molecule has 1 saturated heterocycles. The molecule has 0 aromatic carbocycles. The summed E-state index contributed by atoms with van der Waals surface area (Å²) in [6.07, 6.45) is -0.114. The minimum atomic E-state index is -4.51. The first-order valence-corrected chi connectivity index (χ1v) is 11.3. The summed E-state index contributed by atoms with van der Waals surface area (Å²) >= 11 is 6.11. The monoisotopic (exact) mass is 480 g/mol. The van der Waals surface area contributed by atoms with Crippen LogP contribution in [0.5, 0.6) is 0 Å². The number of carbonyl (C=O) groups is 2. The predicted octanol–water partition coefficient (Wildman–Crippen LogP) is 5.30. The number of nitrogens with one attached hydrogen (secondary N) is 1. The summed E-state index contributed by atoms with van der Waals surface area (Å²) in [6.45, 7) is 2.85. The van der Waals surface area contributed by atoms with E-state index in [2.05, 4.69) is 15.3 Å². The Hall–Kier alpha value is -2.68. The number of pyridine rings is 2. The molecule has 2 aromatic rings. The number of aromatic nitrogens is 2. The number of halogens is 4. The van der Waals surface area contributed by atoms with E-state index < -0.39 is 11.7 Å². The highest BCUT2D eigenvalue weighted by Crippen LogP contribution is 2.35. The number of aryl methyl sites for hydroxylation is 1. The van der Waals surface area contributed by atoms with Crippen LogP contribution in [0.25, 0.3) is 0 Å². The van der Waals surface area contributed by atoms with Crippen LogP contribution in [-0.4, -0.2) is 34.7 Å². The molecule has 0 unspecified atom stereocenters. The van der Waals surface area contributed by atoms with Crippen LogP contribution >= 0.6 is 11.6 Å². The van der Waals surface area contributed by atoms with E-state index >= 15 is 0 Å². The van der Waals surface area contributed by atoms with Crippen LogP contribution in [0.1, 0.15) is 53.7 Å². The summed E-state index contributed by atoms with van der Waals surface area (Å²) in [4.78, 5) is 35.1. The Morgan fingerprint density at radius 1 is 1.21 bits per heavy atom. The van der Waals surface area contributed by atoms with E-state index in [9.17, 15) is 22.8 Å². The molecule has 10 heteroatoms. The fraction of sp³-hybridized carbons (Fsp3) is 0.478. The van der Waals surface area contributed by atoms with Crippen molar-refractivity contribution in [2.75, 3.05) is 23.3 Å². The molecule has 1 atom stereocenters. The Morgan fingerprint density at radius 3 is 2.64 bits per heavy atom. The van der Waals surface area contributed by atoms with Gasteiger partial charge in [0, 0.05) is 42.9 Å². The van der Waals surface area contributed by atoms with E-state index in [1.165, 1.54) is 0 Å². The minimum absolute atomic E-state index is 0.00406. The number of anilines is 2. The Bertz CT molecular complexity index is 1070. The summed E-state index contributed by atoms with van der Waals surface area (Å²) in [5.41, 5.74) is 0.229. The van der Waals surface area contributed by atoms with Crippen molar-refractivity contribution in [1.29, 1.82) is 0 Å². The normalized spacial score (nSPS) is 18.8. The molecule has 6 nitrogen and oxygen atoms in total. The number of carbonyl (C=O) groups excluding carboxylic acids is 2.